The van der Waals surface area contributed by atoms with Crippen molar-refractivity contribution in [2.45, 2.75) is 89.8 Å². The molecule has 7 heteroatoms. The summed E-state index contributed by atoms with van der Waals surface area (Å²) in [4.78, 5) is 32.8. The Bertz CT molecular complexity index is 1200. The summed E-state index contributed by atoms with van der Waals surface area (Å²) in [5, 5.41) is 4.48. The molecular formula is C28H34N4O3. The third kappa shape index (κ3) is 5.09. The molecule has 2 unspecified atom stereocenters. The Morgan fingerprint density at radius 2 is 1.97 bits per heavy atom. The average molecular weight is 475 g/mol. The van der Waals surface area contributed by atoms with Crippen LogP contribution < -0.4 is 0 Å². The Morgan fingerprint density at radius 1 is 1.17 bits per heavy atom. The van der Waals surface area contributed by atoms with E-state index in [-0.39, 0.29) is 17.9 Å². The molecule has 0 N–H and O–H groups in total. The van der Waals surface area contributed by atoms with Gasteiger partial charge < -0.3 is 9.64 Å². The number of pyridine rings is 1. The summed E-state index contributed by atoms with van der Waals surface area (Å²) >= 11 is 0. The number of carbonyl (C=O) groups is 2. The lowest BCUT2D eigenvalue weighted by atomic mass is 9.89. The minimum absolute atomic E-state index is 0.115. The number of fused-ring (bicyclic) bond motifs is 1. The van der Waals surface area contributed by atoms with Gasteiger partial charge in [-0.2, -0.15) is 9.78 Å². The highest BCUT2D eigenvalue weighted by Gasteiger charge is 2.40. The predicted molar refractivity (Wildman–Crippen MR) is 133 cm³/mol. The molecule has 0 saturated heterocycles. The lowest BCUT2D eigenvalue weighted by Crippen LogP contribution is -2.45. The van der Waals surface area contributed by atoms with Gasteiger partial charge in [0.15, 0.2) is 0 Å². The lowest BCUT2D eigenvalue weighted by molar-refractivity contribution is -0.130. The smallest absolute Gasteiger partial charge is 0.435 e. The highest BCUT2D eigenvalue weighted by Crippen LogP contribution is 2.36. The van der Waals surface area contributed by atoms with Gasteiger partial charge in [-0.15, -0.1) is 0 Å². The quantitative estimate of drug-likeness (QED) is 0.631. The molecule has 184 valence electrons. The van der Waals surface area contributed by atoms with Crippen LogP contribution in [0.25, 0.3) is 0 Å². The van der Waals surface area contributed by atoms with Gasteiger partial charge in [-0.05, 0) is 83.4 Å². The van der Waals surface area contributed by atoms with Gasteiger partial charge in [0, 0.05) is 36.0 Å². The highest BCUT2D eigenvalue weighted by atomic mass is 16.6. The van der Waals surface area contributed by atoms with Crippen LogP contribution in [0, 0.1) is 6.92 Å². The minimum atomic E-state index is -0.573. The van der Waals surface area contributed by atoms with Gasteiger partial charge in [-0.1, -0.05) is 24.3 Å². The van der Waals surface area contributed by atoms with Gasteiger partial charge in [0.05, 0.1) is 11.4 Å². The summed E-state index contributed by atoms with van der Waals surface area (Å²) in [5.74, 6) is 0.325. The number of hydrogen-bond donors (Lipinski definition) is 0. The van der Waals surface area contributed by atoms with E-state index < -0.39 is 11.7 Å². The second-order valence-corrected chi connectivity index (χ2v) is 10.9. The molecule has 0 bridgehead atoms. The zero-order chi connectivity index (χ0) is 24.7. The molecule has 1 amide bonds. The number of nitrogens with zero attached hydrogens (tertiary/aromatic N) is 4. The largest absolute Gasteiger partial charge is 0.442 e. The summed E-state index contributed by atoms with van der Waals surface area (Å²) in [7, 11) is 0. The van der Waals surface area contributed by atoms with E-state index in [1.165, 1.54) is 10.2 Å². The molecule has 3 aliphatic carbocycles. The van der Waals surface area contributed by atoms with Crippen molar-refractivity contribution in [1.29, 1.82) is 0 Å². The second kappa shape index (κ2) is 9.10. The van der Waals surface area contributed by atoms with Crippen LogP contribution in [0.5, 0.6) is 0 Å². The Balaban J connectivity index is 1.29. The normalized spacial score (nSPS) is 21.8. The molecule has 1 fully saturated rings. The van der Waals surface area contributed by atoms with Gasteiger partial charge >= 0.3 is 6.09 Å². The van der Waals surface area contributed by atoms with E-state index in [1.807, 2.05) is 39.1 Å². The maximum atomic E-state index is 13.7. The van der Waals surface area contributed by atoms with Crippen LogP contribution >= 0.6 is 0 Å². The standard InChI is InChI=1S/C28H34N4O3/c1-18-6-5-15-29-25(18)19-7-9-20(10-8-19)26(33)32(22-11-12-22)23-13-14-24-21(16-23)17-31(30-24)27(34)35-28(2,3)4/h5-7,9-10,15,17,19,22-23H,8,11-14,16H2,1-4H3. The first-order valence-corrected chi connectivity index (χ1v) is 12.6. The Labute approximate surface area is 206 Å². The van der Waals surface area contributed by atoms with E-state index in [2.05, 4.69) is 40.1 Å². The fourth-order valence-electron chi connectivity index (χ4n) is 5.12. The minimum Gasteiger partial charge on any atom is -0.442 e. The maximum Gasteiger partial charge on any atom is 0.435 e. The molecule has 0 aliphatic heterocycles. The Kier molecular flexibility index (Phi) is 6.11. The van der Waals surface area contributed by atoms with Crippen molar-refractivity contribution in [1.82, 2.24) is 19.7 Å². The molecule has 2 heterocycles. The number of rotatable bonds is 4. The third-order valence-corrected chi connectivity index (χ3v) is 6.94. The van der Waals surface area contributed by atoms with Gasteiger partial charge in [0.1, 0.15) is 5.60 Å². The summed E-state index contributed by atoms with van der Waals surface area (Å²) in [6, 6.07) is 4.46. The van der Waals surface area contributed by atoms with E-state index in [1.54, 1.807) is 6.20 Å². The molecule has 2 aromatic rings. The molecule has 1 saturated carbocycles. The lowest BCUT2D eigenvalue weighted by Gasteiger charge is -2.35. The number of allylic oxidation sites excluding steroid dienone is 2. The zero-order valence-corrected chi connectivity index (χ0v) is 21.0. The van der Waals surface area contributed by atoms with Crippen molar-refractivity contribution in [3.8, 4) is 0 Å². The van der Waals surface area contributed by atoms with E-state index in [9.17, 15) is 9.59 Å². The summed E-state index contributed by atoms with van der Waals surface area (Å²) in [5.41, 5.74) is 4.42. The predicted octanol–water partition coefficient (Wildman–Crippen LogP) is 4.89. The number of aromatic nitrogens is 3. The van der Waals surface area contributed by atoms with Gasteiger partial charge in [0.25, 0.3) is 5.91 Å². The van der Waals surface area contributed by atoms with Crippen molar-refractivity contribution in [3.63, 3.8) is 0 Å². The monoisotopic (exact) mass is 474 g/mol. The highest BCUT2D eigenvalue weighted by molar-refractivity contribution is 5.97. The van der Waals surface area contributed by atoms with Crippen LogP contribution in [0.1, 0.15) is 74.9 Å². The molecule has 0 spiro atoms. The number of aryl methyl sites for hydroxylation is 2. The summed E-state index contributed by atoms with van der Waals surface area (Å²) in [6.45, 7) is 7.62. The molecule has 0 radical (unpaired) electrons. The van der Waals surface area contributed by atoms with Crippen molar-refractivity contribution in [3.05, 3.63) is 70.8 Å². The SMILES string of the molecule is Cc1cccnc1C1C=CC(C(=O)N(C2CC2)C2CCc3nn(C(=O)OC(C)(C)C)cc3C2)=CC1. The summed E-state index contributed by atoms with van der Waals surface area (Å²) < 4.78 is 6.78. The van der Waals surface area contributed by atoms with Crippen molar-refractivity contribution in [2.24, 2.45) is 0 Å². The molecular weight excluding hydrogens is 440 g/mol. The Hall–Kier alpha value is -3.22. The number of carbonyl (C=O) groups excluding carboxylic acids is 2. The van der Waals surface area contributed by atoms with Crippen LogP contribution in [0.15, 0.2) is 48.3 Å². The first-order valence-electron chi connectivity index (χ1n) is 12.6. The maximum absolute atomic E-state index is 13.7. The van der Waals surface area contributed by atoms with Crippen LogP contribution in [-0.2, 0) is 22.4 Å². The molecule has 0 aromatic carbocycles. The first-order chi connectivity index (χ1) is 16.7. The van der Waals surface area contributed by atoms with E-state index >= 15 is 0 Å². The van der Waals surface area contributed by atoms with Gasteiger partial charge in [-0.25, -0.2) is 4.79 Å². The fourth-order valence-corrected chi connectivity index (χ4v) is 5.12. The molecule has 35 heavy (non-hydrogen) atoms. The van der Waals surface area contributed by atoms with Crippen LogP contribution in [0.2, 0.25) is 0 Å². The van der Waals surface area contributed by atoms with Crippen molar-refractivity contribution in [2.75, 3.05) is 0 Å². The first kappa shape index (κ1) is 23.5. The van der Waals surface area contributed by atoms with E-state index in [0.717, 1.165) is 54.6 Å². The second-order valence-electron chi connectivity index (χ2n) is 10.9. The number of ether oxygens (including phenoxy) is 1. The molecule has 3 aliphatic rings. The molecule has 2 aromatic heterocycles. The van der Waals surface area contributed by atoms with Crippen LogP contribution in [0.4, 0.5) is 4.79 Å². The van der Waals surface area contributed by atoms with Crippen molar-refractivity contribution >= 4 is 12.0 Å². The van der Waals surface area contributed by atoms with Crippen molar-refractivity contribution < 1.29 is 14.3 Å². The van der Waals surface area contributed by atoms with Crippen LogP contribution in [-0.4, -0.2) is 49.3 Å². The number of hydrogen-bond acceptors (Lipinski definition) is 5. The molecule has 2 atom stereocenters. The molecule has 5 rings (SSSR count). The fraction of sp³-hybridized carbons (Fsp3) is 0.500. The number of amides is 1. The average Bonchev–Trinajstić information content (AvgIpc) is 3.55. The third-order valence-electron chi connectivity index (χ3n) is 6.94. The Morgan fingerprint density at radius 3 is 2.63 bits per heavy atom. The van der Waals surface area contributed by atoms with Gasteiger partial charge in [0.2, 0.25) is 0 Å². The van der Waals surface area contributed by atoms with E-state index in [4.69, 9.17) is 4.74 Å². The van der Waals surface area contributed by atoms with Gasteiger partial charge in [-0.3, -0.25) is 9.78 Å². The van der Waals surface area contributed by atoms with E-state index in [0.29, 0.717) is 12.5 Å². The summed E-state index contributed by atoms with van der Waals surface area (Å²) in [6.07, 6.45) is 14.5. The van der Waals surface area contributed by atoms with Crippen LogP contribution in [0.3, 0.4) is 0 Å². The molecule has 7 nitrogen and oxygen atoms in total. The topological polar surface area (TPSA) is 77.3 Å². The zero-order valence-electron chi connectivity index (χ0n) is 21.0.